The third-order valence-electron chi connectivity index (χ3n) is 0.471. The molecule has 0 saturated carbocycles. The summed E-state index contributed by atoms with van der Waals surface area (Å²) in [7, 11) is 0. The molecule has 0 aromatic carbocycles. The zero-order valence-electron chi connectivity index (χ0n) is 7.10. The van der Waals surface area contributed by atoms with Gasteiger partial charge in [0.2, 0.25) is 0 Å². The van der Waals surface area contributed by atoms with Crippen LogP contribution in [0.5, 0.6) is 0 Å². The number of ether oxygens (including phenoxy) is 1. The molecule has 0 unspecified atom stereocenters. The quantitative estimate of drug-likeness (QED) is 0.433. The minimum absolute atomic E-state index is 0.617. The first kappa shape index (κ1) is 12.1. The van der Waals surface area contributed by atoms with E-state index in [1.54, 1.807) is 12.2 Å². The summed E-state index contributed by atoms with van der Waals surface area (Å²) in [5, 5.41) is 0. The Morgan fingerprint density at radius 3 is 1.60 bits per heavy atom. The van der Waals surface area contributed by atoms with Crippen molar-refractivity contribution < 1.29 is 4.74 Å². The lowest BCUT2D eigenvalue weighted by atomic mass is 10.6. The summed E-state index contributed by atoms with van der Waals surface area (Å²) in [4.78, 5) is 0. The largest absolute Gasteiger partial charge is 0.373 e. The van der Waals surface area contributed by atoms with Crippen molar-refractivity contribution in [1.29, 1.82) is 0 Å². The molecule has 1 nitrogen and oxygen atoms in total. The molecule has 0 atom stereocenters. The highest BCUT2D eigenvalue weighted by molar-refractivity contribution is 4.68. The highest BCUT2D eigenvalue weighted by atomic mass is 16.5. The molecule has 0 aliphatic rings. The second kappa shape index (κ2) is 15.8. The van der Waals surface area contributed by atoms with Gasteiger partial charge in [0.05, 0.1) is 13.2 Å². The minimum Gasteiger partial charge on any atom is -0.373 e. The van der Waals surface area contributed by atoms with Crippen molar-refractivity contribution >= 4 is 0 Å². The minimum atomic E-state index is 0.617. The SMILES string of the molecule is C=CCOCC=C.CCC. The molecule has 0 rings (SSSR count). The van der Waals surface area contributed by atoms with Crippen molar-refractivity contribution in [2.75, 3.05) is 13.2 Å². The third-order valence-corrected chi connectivity index (χ3v) is 0.471. The first-order valence-electron chi connectivity index (χ1n) is 3.62. The van der Waals surface area contributed by atoms with Gasteiger partial charge in [0.15, 0.2) is 0 Å². The smallest absolute Gasteiger partial charge is 0.0649 e. The molecule has 0 spiro atoms. The van der Waals surface area contributed by atoms with Crippen LogP contribution < -0.4 is 0 Å². The van der Waals surface area contributed by atoms with Crippen LogP contribution in [0.2, 0.25) is 0 Å². The summed E-state index contributed by atoms with van der Waals surface area (Å²) in [5.41, 5.74) is 0. The molecule has 1 heteroatoms. The van der Waals surface area contributed by atoms with Gasteiger partial charge in [-0.15, -0.1) is 13.2 Å². The van der Waals surface area contributed by atoms with Crippen molar-refractivity contribution in [2.24, 2.45) is 0 Å². The molecule has 10 heavy (non-hydrogen) atoms. The van der Waals surface area contributed by atoms with E-state index in [-0.39, 0.29) is 0 Å². The molecular weight excluding hydrogens is 124 g/mol. The Bertz CT molecular complexity index is 59.1. The van der Waals surface area contributed by atoms with E-state index < -0.39 is 0 Å². The summed E-state index contributed by atoms with van der Waals surface area (Å²) in [5.74, 6) is 0. The molecule has 60 valence electrons. The molecule has 0 heterocycles. The van der Waals surface area contributed by atoms with Gasteiger partial charge in [-0.1, -0.05) is 32.4 Å². The molecule has 0 fully saturated rings. The fraction of sp³-hybridized carbons (Fsp3) is 0.556. The molecule has 0 amide bonds. The number of rotatable bonds is 4. The monoisotopic (exact) mass is 142 g/mol. The zero-order valence-corrected chi connectivity index (χ0v) is 7.10. The van der Waals surface area contributed by atoms with E-state index in [0.717, 1.165) is 0 Å². The first-order valence-corrected chi connectivity index (χ1v) is 3.62. The fourth-order valence-corrected chi connectivity index (χ4v) is 0.235. The molecule has 0 bridgehead atoms. The van der Waals surface area contributed by atoms with E-state index in [9.17, 15) is 0 Å². The van der Waals surface area contributed by atoms with Crippen LogP contribution in [0.3, 0.4) is 0 Å². The van der Waals surface area contributed by atoms with Crippen molar-refractivity contribution in [3.05, 3.63) is 25.3 Å². The van der Waals surface area contributed by atoms with Crippen LogP contribution in [0.15, 0.2) is 25.3 Å². The fourth-order valence-electron chi connectivity index (χ4n) is 0.235. The maximum absolute atomic E-state index is 4.90. The molecule has 0 aliphatic heterocycles. The predicted octanol–water partition coefficient (Wildman–Crippen LogP) is 2.79. The van der Waals surface area contributed by atoms with Gasteiger partial charge < -0.3 is 4.74 Å². The average Bonchev–Trinajstić information content (AvgIpc) is 1.91. The summed E-state index contributed by atoms with van der Waals surface area (Å²) in [6.45, 7) is 12.4. The Hall–Kier alpha value is -0.560. The third kappa shape index (κ3) is 26.1. The van der Waals surface area contributed by atoms with Crippen LogP contribution in [0, 0.1) is 0 Å². The second-order valence-corrected chi connectivity index (χ2v) is 1.82. The molecule has 0 aromatic heterocycles. The van der Waals surface area contributed by atoms with E-state index in [1.165, 1.54) is 6.42 Å². The van der Waals surface area contributed by atoms with Gasteiger partial charge in [-0.2, -0.15) is 0 Å². The van der Waals surface area contributed by atoms with E-state index in [4.69, 9.17) is 4.74 Å². The van der Waals surface area contributed by atoms with Crippen molar-refractivity contribution in [3.63, 3.8) is 0 Å². The Labute approximate surface area is 64.4 Å². The van der Waals surface area contributed by atoms with E-state index >= 15 is 0 Å². The zero-order chi connectivity index (χ0) is 8.24. The van der Waals surface area contributed by atoms with Gasteiger partial charge in [0.25, 0.3) is 0 Å². The lowest BCUT2D eigenvalue weighted by Crippen LogP contribution is -1.87. The summed E-state index contributed by atoms with van der Waals surface area (Å²) in [6.07, 6.45) is 4.67. The van der Waals surface area contributed by atoms with Crippen LogP contribution in [0.1, 0.15) is 20.3 Å². The first-order chi connectivity index (χ1) is 4.83. The number of hydrogen-bond acceptors (Lipinski definition) is 1. The maximum Gasteiger partial charge on any atom is 0.0649 e. The lowest BCUT2D eigenvalue weighted by molar-refractivity contribution is 0.194. The van der Waals surface area contributed by atoms with Gasteiger partial charge in [0, 0.05) is 0 Å². The molecule has 0 N–H and O–H groups in total. The number of hydrogen-bond donors (Lipinski definition) is 0. The lowest BCUT2D eigenvalue weighted by Gasteiger charge is -1.89. The molecule has 0 saturated heterocycles. The molecule has 0 aromatic rings. The van der Waals surface area contributed by atoms with E-state index in [0.29, 0.717) is 13.2 Å². The Morgan fingerprint density at radius 2 is 1.40 bits per heavy atom. The highest BCUT2D eigenvalue weighted by Gasteiger charge is 1.70. The van der Waals surface area contributed by atoms with E-state index in [2.05, 4.69) is 27.0 Å². The van der Waals surface area contributed by atoms with Crippen LogP contribution in [-0.4, -0.2) is 13.2 Å². The highest BCUT2D eigenvalue weighted by Crippen LogP contribution is 1.72. The van der Waals surface area contributed by atoms with Crippen molar-refractivity contribution in [1.82, 2.24) is 0 Å². The predicted molar refractivity (Wildman–Crippen MR) is 47.2 cm³/mol. The van der Waals surface area contributed by atoms with Gasteiger partial charge >= 0.3 is 0 Å². The Balaban J connectivity index is 0. The second-order valence-electron chi connectivity index (χ2n) is 1.82. The van der Waals surface area contributed by atoms with Crippen LogP contribution >= 0.6 is 0 Å². The average molecular weight is 142 g/mol. The Kier molecular flexibility index (Phi) is 19.2. The van der Waals surface area contributed by atoms with Crippen molar-refractivity contribution in [3.8, 4) is 0 Å². The van der Waals surface area contributed by atoms with Crippen molar-refractivity contribution in [2.45, 2.75) is 20.3 Å². The van der Waals surface area contributed by atoms with E-state index in [1.807, 2.05) is 0 Å². The summed E-state index contributed by atoms with van der Waals surface area (Å²) >= 11 is 0. The van der Waals surface area contributed by atoms with Crippen LogP contribution in [0.4, 0.5) is 0 Å². The van der Waals surface area contributed by atoms with Gasteiger partial charge in [-0.25, -0.2) is 0 Å². The normalized spacial score (nSPS) is 7.40. The van der Waals surface area contributed by atoms with Crippen LogP contribution in [-0.2, 0) is 4.74 Å². The molecule has 0 aliphatic carbocycles. The maximum atomic E-state index is 4.90. The van der Waals surface area contributed by atoms with Gasteiger partial charge in [0.1, 0.15) is 0 Å². The van der Waals surface area contributed by atoms with Crippen LogP contribution in [0.25, 0.3) is 0 Å². The topological polar surface area (TPSA) is 9.23 Å². The van der Waals surface area contributed by atoms with Gasteiger partial charge in [-0.3, -0.25) is 0 Å². The summed E-state index contributed by atoms with van der Waals surface area (Å²) in [6, 6.07) is 0. The Morgan fingerprint density at radius 1 is 1.10 bits per heavy atom. The standard InChI is InChI=1S/C6H10O.C3H8/c1-3-5-7-6-4-2;1-3-2/h3-4H,1-2,5-6H2;3H2,1-2H3. The van der Waals surface area contributed by atoms with Gasteiger partial charge in [-0.05, 0) is 0 Å². The molecular formula is C9H18O. The molecule has 0 radical (unpaired) electrons. The summed E-state index contributed by atoms with van der Waals surface area (Å²) < 4.78 is 4.90.